The van der Waals surface area contributed by atoms with Gasteiger partial charge in [0.15, 0.2) is 17.7 Å². The zero-order chi connectivity index (χ0) is 42.5. The first-order valence-electron chi connectivity index (χ1n) is 17.7. The first-order valence-corrected chi connectivity index (χ1v) is 17.7. The molecule has 2 saturated heterocycles. The Morgan fingerprint density at radius 2 is 1.21 bits per heavy atom. The van der Waals surface area contributed by atoms with E-state index in [1.807, 2.05) is 0 Å². The molecule has 7 unspecified atom stereocenters. The first kappa shape index (κ1) is 48.7. The molecule has 24 nitrogen and oxygen atoms in total. The van der Waals surface area contributed by atoms with E-state index < -0.39 is 66.8 Å². The molecule has 0 saturated carbocycles. The maximum atomic E-state index is 11.7. The van der Waals surface area contributed by atoms with Crippen LogP contribution in [-0.2, 0) is 24.0 Å². The average Bonchev–Trinajstić information content (AvgIpc) is 3.66. The highest BCUT2D eigenvalue weighted by Crippen LogP contribution is 2.18. The molecule has 1 aromatic rings. The van der Waals surface area contributed by atoms with E-state index in [0.717, 1.165) is 0 Å². The van der Waals surface area contributed by atoms with Crippen LogP contribution in [0.1, 0.15) is 63.3 Å². The summed E-state index contributed by atoms with van der Waals surface area (Å²) in [5, 5.41) is 76.4. The number of aliphatic hydroxyl groups excluding tert-OH is 3. The molecule has 316 valence electrons. The fourth-order valence-electron chi connectivity index (χ4n) is 4.54. The number of guanidine groups is 2. The van der Waals surface area contributed by atoms with Crippen molar-refractivity contribution in [1.29, 1.82) is 0 Å². The normalized spacial score (nSPS) is 20.1. The Kier molecular flexibility index (Phi) is 21.8. The third kappa shape index (κ3) is 18.4. The maximum absolute atomic E-state index is 11.7. The van der Waals surface area contributed by atoms with E-state index in [1.54, 1.807) is 20.8 Å². The lowest BCUT2D eigenvalue weighted by Crippen LogP contribution is -2.39. The summed E-state index contributed by atoms with van der Waals surface area (Å²) in [4.78, 5) is 70.4. The monoisotopic (exact) mass is 800 g/mol. The van der Waals surface area contributed by atoms with Crippen molar-refractivity contribution in [2.45, 2.75) is 108 Å². The van der Waals surface area contributed by atoms with Crippen molar-refractivity contribution in [3.63, 3.8) is 0 Å². The summed E-state index contributed by atoms with van der Waals surface area (Å²) in [5.41, 5.74) is 17.1. The number of carbonyl (C=O) groups is 5. The van der Waals surface area contributed by atoms with Crippen molar-refractivity contribution in [1.82, 2.24) is 31.2 Å². The van der Waals surface area contributed by atoms with Gasteiger partial charge < -0.3 is 68.9 Å². The Labute approximate surface area is 322 Å². The molecule has 0 aromatic carbocycles. The summed E-state index contributed by atoms with van der Waals surface area (Å²) in [6, 6.07) is -3.63. The number of aryl methyl sites for hydroxylation is 2. The van der Waals surface area contributed by atoms with Gasteiger partial charge in [-0.3, -0.25) is 44.6 Å². The Morgan fingerprint density at radius 1 is 0.768 bits per heavy atom. The highest BCUT2D eigenvalue weighted by molar-refractivity contribution is 6.06. The van der Waals surface area contributed by atoms with Crippen molar-refractivity contribution in [2.75, 3.05) is 31.6 Å². The Balaban J connectivity index is 0.000000426. The van der Waals surface area contributed by atoms with E-state index in [2.05, 4.69) is 46.5 Å². The van der Waals surface area contributed by atoms with Crippen molar-refractivity contribution in [3.05, 3.63) is 11.4 Å². The largest absolute Gasteiger partial charge is 0.504 e. The predicted molar refractivity (Wildman–Crippen MR) is 200 cm³/mol. The van der Waals surface area contributed by atoms with Crippen LogP contribution in [0.25, 0.3) is 0 Å². The van der Waals surface area contributed by atoms with Gasteiger partial charge in [-0.2, -0.15) is 0 Å². The van der Waals surface area contributed by atoms with Gasteiger partial charge in [-0.05, 0) is 59.3 Å². The number of aliphatic imine (C=N–C) groups is 2. The van der Waals surface area contributed by atoms with Crippen LogP contribution in [0, 0.1) is 13.8 Å². The number of nitrogens with two attached hydrogens (primary N) is 3. The van der Waals surface area contributed by atoms with Crippen LogP contribution in [0.5, 0.6) is 5.75 Å². The number of rotatable bonds is 20. The van der Waals surface area contributed by atoms with Gasteiger partial charge in [0.1, 0.15) is 36.3 Å². The van der Waals surface area contributed by atoms with E-state index in [0.29, 0.717) is 68.5 Å². The van der Waals surface area contributed by atoms with Crippen LogP contribution in [0.3, 0.4) is 0 Å². The molecular weight excluding hydrogens is 744 g/mol. The minimum atomic E-state index is -1.31. The standard InChI is InChI=1S/C12H22N4O6.C11H18N4O3.C9H16N4O3/c13-6(11(21)22)2-1-3-14-12-15-7(10(20)16-12)4-8(18)9(19)5-17;1-6-9(16)7(2)15-11(14-6)13-5-3-4-8(12)10(17)18;1-5-7(14)13-9(12-5)11-4-2-3-6(10)8(15)16/h6-9,17-19H,1-5,13H2,(H,21,22)(H2,14,15,16,20);8,16H,3-5,12H2,1-2H3,(H,17,18)(H,13,14,15);5-6H,2-4,10H2,1H3,(H,15,16)(H2,11,12,13,14). The lowest BCUT2D eigenvalue weighted by Gasteiger charge is -2.17. The molecule has 3 rings (SSSR count). The SMILES string of the molecule is CC1NC(=NCCCC(N)C(=O)O)NC1=O.Cc1nc(NCCCC(N)C(=O)O)nc(C)c1O.NC(CCCN=C1NC(=O)C(CC(O)C(O)CO)N1)C(=O)O. The fraction of sp³-hybridized carbons (Fsp3) is 0.656. The fourth-order valence-corrected chi connectivity index (χ4v) is 4.54. The molecule has 0 aliphatic carbocycles. The van der Waals surface area contributed by atoms with Crippen molar-refractivity contribution < 1.29 is 59.7 Å². The molecule has 56 heavy (non-hydrogen) atoms. The summed E-state index contributed by atoms with van der Waals surface area (Å²) in [6.45, 7) is 5.78. The van der Waals surface area contributed by atoms with E-state index in [9.17, 15) is 39.3 Å². The highest BCUT2D eigenvalue weighted by Gasteiger charge is 2.32. The van der Waals surface area contributed by atoms with Crippen LogP contribution >= 0.6 is 0 Å². The van der Waals surface area contributed by atoms with Crippen molar-refractivity contribution in [3.8, 4) is 5.75 Å². The molecule has 3 heterocycles. The number of aromatic hydroxyl groups is 1. The van der Waals surface area contributed by atoms with Gasteiger partial charge in [-0.25, -0.2) is 9.97 Å². The molecule has 0 spiro atoms. The van der Waals surface area contributed by atoms with Crippen LogP contribution in [-0.4, -0.2) is 156 Å². The first-order chi connectivity index (χ1) is 26.3. The summed E-state index contributed by atoms with van der Waals surface area (Å²) in [5.74, 6) is -2.40. The number of nitrogens with zero attached hydrogens (tertiary/aromatic N) is 4. The summed E-state index contributed by atoms with van der Waals surface area (Å²) in [6.07, 6.45) is 0.0354. The molecule has 1 aromatic heterocycles. The smallest absolute Gasteiger partial charge is 0.320 e. The minimum Gasteiger partial charge on any atom is -0.504 e. The molecule has 2 aliphatic rings. The summed E-state index contributed by atoms with van der Waals surface area (Å²) < 4.78 is 0. The van der Waals surface area contributed by atoms with Gasteiger partial charge in [0.25, 0.3) is 0 Å². The molecule has 2 aliphatic heterocycles. The maximum Gasteiger partial charge on any atom is 0.320 e. The number of amides is 2. The number of aliphatic hydroxyl groups is 3. The number of hydrogen-bond acceptors (Lipinski definition) is 17. The number of carboxylic acid groups (broad SMARTS) is 3. The number of nitrogens with one attached hydrogen (secondary N) is 5. The Hall–Kier alpha value is -5.27. The molecule has 7 atom stereocenters. The van der Waals surface area contributed by atoms with Crippen molar-refractivity contribution >= 4 is 47.6 Å². The molecule has 2 fully saturated rings. The molecule has 0 radical (unpaired) electrons. The van der Waals surface area contributed by atoms with Gasteiger partial charge in [-0.15, -0.1) is 0 Å². The second-order valence-electron chi connectivity index (χ2n) is 12.8. The highest BCUT2D eigenvalue weighted by atomic mass is 16.4. The van der Waals surface area contributed by atoms with E-state index in [1.165, 1.54) is 0 Å². The number of anilines is 1. The Morgan fingerprint density at radius 3 is 1.64 bits per heavy atom. The van der Waals surface area contributed by atoms with Gasteiger partial charge in [0.2, 0.25) is 17.8 Å². The zero-order valence-corrected chi connectivity index (χ0v) is 31.5. The lowest BCUT2D eigenvalue weighted by molar-refractivity contribution is -0.139. The van der Waals surface area contributed by atoms with E-state index in [-0.39, 0.29) is 43.0 Å². The third-order valence-corrected chi connectivity index (χ3v) is 8.01. The molecular formula is C32H56N12O12. The quantitative estimate of drug-likeness (QED) is 0.0555. The lowest BCUT2D eigenvalue weighted by atomic mass is 10.1. The van der Waals surface area contributed by atoms with Gasteiger partial charge in [0, 0.05) is 26.1 Å². The zero-order valence-electron chi connectivity index (χ0n) is 31.5. The molecule has 18 N–H and O–H groups in total. The minimum absolute atomic E-state index is 0.0729. The topological polar surface area (TPSA) is 416 Å². The van der Waals surface area contributed by atoms with E-state index >= 15 is 0 Å². The second-order valence-corrected chi connectivity index (χ2v) is 12.8. The number of hydrogen-bond donors (Lipinski definition) is 15. The molecule has 24 heteroatoms. The van der Waals surface area contributed by atoms with Crippen LogP contribution in [0.15, 0.2) is 9.98 Å². The summed E-state index contributed by atoms with van der Waals surface area (Å²) in [7, 11) is 0. The number of carboxylic acids is 3. The van der Waals surface area contributed by atoms with E-state index in [4.69, 9.17) is 37.6 Å². The summed E-state index contributed by atoms with van der Waals surface area (Å²) >= 11 is 0. The predicted octanol–water partition coefficient (Wildman–Crippen LogP) is -4.23. The van der Waals surface area contributed by atoms with Gasteiger partial charge in [0.05, 0.1) is 24.1 Å². The van der Waals surface area contributed by atoms with Crippen LogP contribution in [0.4, 0.5) is 5.95 Å². The number of aliphatic carboxylic acids is 3. The van der Waals surface area contributed by atoms with Crippen LogP contribution in [0.2, 0.25) is 0 Å². The number of aromatic nitrogens is 2. The van der Waals surface area contributed by atoms with Crippen molar-refractivity contribution in [2.24, 2.45) is 27.2 Å². The van der Waals surface area contributed by atoms with Gasteiger partial charge in [-0.1, -0.05) is 0 Å². The van der Waals surface area contributed by atoms with Gasteiger partial charge >= 0.3 is 17.9 Å². The van der Waals surface area contributed by atoms with Crippen LogP contribution < -0.4 is 43.8 Å². The molecule has 0 bridgehead atoms. The Bertz CT molecular complexity index is 1510. The second kappa shape index (κ2) is 25.0. The average molecular weight is 801 g/mol. The molecule has 2 amide bonds. The third-order valence-electron chi connectivity index (χ3n) is 8.01. The number of carbonyl (C=O) groups excluding carboxylic acids is 2.